The molecule has 0 aliphatic heterocycles. The molecule has 7 heteroatoms. The van der Waals surface area contributed by atoms with Crippen LogP contribution in [0.25, 0.3) is 0 Å². The van der Waals surface area contributed by atoms with Crippen molar-refractivity contribution in [3.05, 3.63) is 29.8 Å². The largest absolute Gasteiger partial charge is 0.480 e. The molecule has 0 aliphatic carbocycles. The third-order valence-corrected chi connectivity index (χ3v) is 2.45. The summed E-state index contributed by atoms with van der Waals surface area (Å²) in [5.41, 5.74) is 1.28. The van der Waals surface area contributed by atoms with Crippen LogP contribution in [0.2, 0.25) is 0 Å². The maximum Gasteiger partial charge on any atom is 0.328 e. The van der Waals surface area contributed by atoms with Gasteiger partial charge in [0.05, 0.1) is 13.0 Å². The van der Waals surface area contributed by atoms with E-state index >= 15 is 0 Å². The number of aliphatic hydroxyl groups excluding tert-OH is 1. The van der Waals surface area contributed by atoms with Gasteiger partial charge in [0.15, 0.2) is 0 Å². The fourth-order valence-corrected chi connectivity index (χ4v) is 1.53. The van der Waals surface area contributed by atoms with Crippen LogP contribution in [0.3, 0.4) is 0 Å². The molecule has 0 heterocycles. The first-order valence-corrected chi connectivity index (χ1v) is 5.92. The second-order valence-corrected chi connectivity index (χ2v) is 4.20. The Kier molecular flexibility index (Phi) is 5.67. The van der Waals surface area contributed by atoms with Crippen molar-refractivity contribution in [3.63, 3.8) is 0 Å². The maximum absolute atomic E-state index is 11.6. The first-order chi connectivity index (χ1) is 9.42. The number of hydrogen-bond donors (Lipinski definition) is 4. The van der Waals surface area contributed by atoms with Gasteiger partial charge in [-0.15, -0.1) is 0 Å². The zero-order chi connectivity index (χ0) is 15.1. The number of anilines is 1. The molecule has 0 spiro atoms. The number of carbonyl (C=O) groups excluding carboxylic acids is 2. The summed E-state index contributed by atoms with van der Waals surface area (Å²) in [5, 5.41) is 22.3. The Morgan fingerprint density at radius 1 is 1.20 bits per heavy atom. The van der Waals surface area contributed by atoms with Crippen molar-refractivity contribution in [1.82, 2.24) is 5.32 Å². The van der Waals surface area contributed by atoms with E-state index in [-0.39, 0.29) is 12.3 Å². The Morgan fingerprint density at radius 2 is 1.80 bits per heavy atom. The van der Waals surface area contributed by atoms with E-state index < -0.39 is 24.5 Å². The third kappa shape index (κ3) is 5.07. The summed E-state index contributed by atoms with van der Waals surface area (Å²) in [6, 6.07) is 5.29. The maximum atomic E-state index is 11.6. The molecule has 0 aromatic heterocycles. The minimum absolute atomic E-state index is 0.00979. The van der Waals surface area contributed by atoms with Crippen molar-refractivity contribution in [2.45, 2.75) is 19.4 Å². The fourth-order valence-electron chi connectivity index (χ4n) is 1.53. The summed E-state index contributed by atoms with van der Waals surface area (Å²) in [7, 11) is 0. The Bertz CT molecular complexity index is 498. The molecule has 20 heavy (non-hydrogen) atoms. The van der Waals surface area contributed by atoms with Crippen molar-refractivity contribution in [2.24, 2.45) is 0 Å². The number of amides is 2. The molecule has 0 fully saturated rings. The Labute approximate surface area is 115 Å². The van der Waals surface area contributed by atoms with E-state index in [1.807, 2.05) is 0 Å². The van der Waals surface area contributed by atoms with E-state index in [2.05, 4.69) is 10.6 Å². The van der Waals surface area contributed by atoms with Crippen LogP contribution in [-0.2, 0) is 20.8 Å². The van der Waals surface area contributed by atoms with Crippen LogP contribution >= 0.6 is 0 Å². The minimum atomic E-state index is -1.30. The van der Waals surface area contributed by atoms with Crippen LogP contribution < -0.4 is 10.6 Å². The molecular formula is C13H16N2O5. The van der Waals surface area contributed by atoms with E-state index in [0.29, 0.717) is 11.3 Å². The monoisotopic (exact) mass is 280 g/mol. The molecule has 1 atom stereocenters. The summed E-state index contributed by atoms with van der Waals surface area (Å²) in [5.74, 6) is -1.98. The molecule has 108 valence electrons. The summed E-state index contributed by atoms with van der Waals surface area (Å²) < 4.78 is 0. The zero-order valence-electron chi connectivity index (χ0n) is 10.9. The van der Waals surface area contributed by atoms with Crippen LogP contribution in [0.4, 0.5) is 5.69 Å². The molecule has 0 unspecified atom stereocenters. The van der Waals surface area contributed by atoms with Crippen LogP contribution in [0, 0.1) is 0 Å². The van der Waals surface area contributed by atoms with Gasteiger partial charge in [0.1, 0.15) is 6.04 Å². The highest BCUT2D eigenvalue weighted by molar-refractivity contribution is 5.89. The smallest absolute Gasteiger partial charge is 0.328 e. The number of aliphatic hydroxyl groups is 1. The fraction of sp³-hybridized carbons (Fsp3) is 0.308. The third-order valence-electron chi connectivity index (χ3n) is 2.45. The van der Waals surface area contributed by atoms with Gasteiger partial charge in [-0.1, -0.05) is 12.1 Å². The predicted molar refractivity (Wildman–Crippen MR) is 71.1 cm³/mol. The normalized spacial score (nSPS) is 11.5. The van der Waals surface area contributed by atoms with Crippen molar-refractivity contribution < 1.29 is 24.6 Å². The SMILES string of the molecule is CC(=O)Nc1ccc(CC(=O)N[C@@H](CO)C(=O)O)cc1. The van der Waals surface area contributed by atoms with Crippen LogP contribution in [0.15, 0.2) is 24.3 Å². The molecule has 1 rings (SSSR count). The standard InChI is InChI=1S/C13H16N2O5/c1-8(17)14-10-4-2-9(3-5-10)6-12(18)15-11(7-16)13(19)20/h2-5,11,16H,6-7H2,1H3,(H,14,17)(H,15,18)(H,19,20)/t11-/m0/s1. The number of carbonyl (C=O) groups is 3. The van der Waals surface area contributed by atoms with E-state index in [4.69, 9.17) is 10.2 Å². The Balaban J connectivity index is 2.58. The number of hydrogen-bond acceptors (Lipinski definition) is 4. The van der Waals surface area contributed by atoms with Crippen molar-refractivity contribution >= 4 is 23.5 Å². The number of nitrogens with one attached hydrogen (secondary N) is 2. The van der Waals surface area contributed by atoms with Gasteiger partial charge in [-0.3, -0.25) is 9.59 Å². The molecule has 0 aliphatic rings. The summed E-state index contributed by atoms with van der Waals surface area (Å²) in [6.07, 6.45) is -0.00979. The van der Waals surface area contributed by atoms with E-state index in [9.17, 15) is 14.4 Å². The lowest BCUT2D eigenvalue weighted by atomic mass is 10.1. The molecule has 1 aromatic carbocycles. The van der Waals surface area contributed by atoms with Gasteiger partial charge < -0.3 is 20.8 Å². The lowest BCUT2D eigenvalue weighted by Crippen LogP contribution is -2.43. The van der Waals surface area contributed by atoms with E-state index in [1.165, 1.54) is 6.92 Å². The molecule has 0 bridgehead atoms. The molecule has 0 radical (unpaired) electrons. The van der Waals surface area contributed by atoms with Crippen LogP contribution in [0.1, 0.15) is 12.5 Å². The average molecular weight is 280 g/mol. The van der Waals surface area contributed by atoms with Crippen molar-refractivity contribution in [2.75, 3.05) is 11.9 Å². The second-order valence-electron chi connectivity index (χ2n) is 4.20. The predicted octanol–water partition coefficient (Wildman–Crippen LogP) is -0.251. The first kappa shape index (κ1) is 15.6. The molecule has 4 N–H and O–H groups in total. The number of carboxylic acids is 1. The molecule has 7 nitrogen and oxygen atoms in total. The summed E-state index contributed by atoms with van der Waals surface area (Å²) in [4.78, 5) is 33.1. The molecule has 2 amide bonds. The zero-order valence-corrected chi connectivity index (χ0v) is 10.9. The number of carboxylic acid groups (broad SMARTS) is 1. The molecular weight excluding hydrogens is 264 g/mol. The van der Waals surface area contributed by atoms with Gasteiger partial charge in [0.25, 0.3) is 0 Å². The number of rotatable bonds is 6. The van der Waals surface area contributed by atoms with Gasteiger partial charge in [-0.05, 0) is 17.7 Å². The van der Waals surface area contributed by atoms with Crippen molar-refractivity contribution in [3.8, 4) is 0 Å². The van der Waals surface area contributed by atoms with E-state index in [0.717, 1.165) is 0 Å². The first-order valence-electron chi connectivity index (χ1n) is 5.92. The lowest BCUT2D eigenvalue weighted by Gasteiger charge is -2.11. The topological polar surface area (TPSA) is 116 Å². The van der Waals surface area contributed by atoms with Gasteiger partial charge in [-0.2, -0.15) is 0 Å². The highest BCUT2D eigenvalue weighted by Crippen LogP contribution is 2.10. The second kappa shape index (κ2) is 7.25. The van der Waals surface area contributed by atoms with Crippen LogP contribution in [-0.4, -0.2) is 40.6 Å². The summed E-state index contributed by atoms with van der Waals surface area (Å²) >= 11 is 0. The molecule has 1 aromatic rings. The molecule has 0 saturated heterocycles. The summed E-state index contributed by atoms with van der Waals surface area (Å²) in [6.45, 7) is 0.727. The van der Waals surface area contributed by atoms with Crippen LogP contribution in [0.5, 0.6) is 0 Å². The van der Waals surface area contributed by atoms with E-state index in [1.54, 1.807) is 24.3 Å². The minimum Gasteiger partial charge on any atom is -0.480 e. The van der Waals surface area contributed by atoms with Gasteiger partial charge in [-0.25, -0.2) is 4.79 Å². The average Bonchev–Trinajstić information content (AvgIpc) is 2.37. The Morgan fingerprint density at radius 3 is 2.25 bits per heavy atom. The molecule has 0 saturated carbocycles. The van der Waals surface area contributed by atoms with Gasteiger partial charge in [0, 0.05) is 12.6 Å². The highest BCUT2D eigenvalue weighted by Gasteiger charge is 2.18. The highest BCUT2D eigenvalue weighted by atomic mass is 16.4. The number of aliphatic carboxylic acids is 1. The van der Waals surface area contributed by atoms with Gasteiger partial charge >= 0.3 is 5.97 Å². The lowest BCUT2D eigenvalue weighted by molar-refractivity contribution is -0.142. The van der Waals surface area contributed by atoms with Crippen molar-refractivity contribution in [1.29, 1.82) is 0 Å². The Hall–Kier alpha value is -2.41. The number of benzene rings is 1. The van der Waals surface area contributed by atoms with Gasteiger partial charge in [0.2, 0.25) is 11.8 Å². The quantitative estimate of drug-likeness (QED) is 0.573.